The Hall–Kier alpha value is -1.20. The quantitative estimate of drug-likeness (QED) is 0.794. The molecule has 0 atom stereocenters. The van der Waals surface area contributed by atoms with Gasteiger partial charge in [0.25, 0.3) is 0 Å². The number of hydrogen-bond acceptors (Lipinski definition) is 5. The van der Waals surface area contributed by atoms with E-state index in [1.807, 2.05) is 0 Å². The average molecular weight is 227 g/mol. The second-order valence-corrected chi connectivity index (χ2v) is 3.80. The molecule has 1 N–H and O–H groups in total. The van der Waals surface area contributed by atoms with Crippen molar-refractivity contribution in [2.75, 3.05) is 13.2 Å². The Morgan fingerprint density at radius 2 is 2.40 bits per heavy atom. The molecule has 0 radical (unpaired) electrons. The first kappa shape index (κ1) is 11.9. The smallest absolute Gasteiger partial charge is 0.350 e. The number of hydrogen-bond donors (Lipinski definition) is 1. The molecule has 0 aliphatic carbocycles. The monoisotopic (exact) mass is 227 g/mol. The van der Waals surface area contributed by atoms with Crippen molar-refractivity contribution in [1.82, 2.24) is 4.98 Å². The molecule has 0 saturated heterocycles. The minimum Gasteiger partial charge on any atom is -0.462 e. The first-order valence-corrected chi connectivity index (χ1v) is 5.42. The number of carbonyl (C=O) groups excluding carboxylic acids is 1. The van der Waals surface area contributed by atoms with E-state index in [-0.39, 0.29) is 12.6 Å². The fraction of sp³-hybridized carbons (Fsp3) is 0.400. The average Bonchev–Trinajstić information content (AvgIpc) is 2.57. The van der Waals surface area contributed by atoms with E-state index in [1.54, 1.807) is 26.0 Å². The molecule has 0 fully saturated rings. The lowest BCUT2D eigenvalue weighted by Gasteiger charge is -1.97. The molecule has 1 rings (SSSR count). The van der Waals surface area contributed by atoms with Crippen LogP contribution in [-0.4, -0.2) is 29.3 Å². The molecule has 5 heteroatoms. The zero-order chi connectivity index (χ0) is 11.3. The second-order valence-electron chi connectivity index (χ2n) is 2.77. The van der Waals surface area contributed by atoms with Crippen molar-refractivity contribution in [2.45, 2.75) is 13.8 Å². The summed E-state index contributed by atoms with van der Waals surface area (Å²) in [4.78, 5) is 16.1. The number of aromatic nitrogens is 1. The van der Waals surface area contributed by atoms with Crippen LogP contribution in [0.4, 0.5) is 0 Å². The summed E-state index contributed by atoms with van der Waals surface area (Å²) in [5, 5.41) is 9.29. The molecule has 0 aromatic carbocycles. The maximum atomic E-state index is 11.4. The molecule has 1 aromatic heterocycles. The Morgan fingerprint density at radius 3 is 3.00 bits per heavy atom. The van der Waals surface area contributed by atoms with Crippen molar-refractivity contribution < 1.29 is 14.6 Å². The van der Waals surface area contributed by atoms with E-state index in [0.717, 1.165) is 0 Å². The van der Waals surface area contributed by atoms with E-state index >= 15 is 0 Å². The van der Waals surface area contributed by atoms with Gasteiger partial charge in [-0.15, -0.1) is 11.3 Å². The van der Waals surface area contributed by atoms with Crippen LogP contribution in [0.2, 0.25) is 0 Å². The van der Waals surface area contributed by atoms with Crippen LogP contribution in [0, 0.1) is 6.92 Å². The molecule has 0 aliphatic rings. The number of aliphatic hydroxyl groups excluding tert-OH is 1. The maximum absolute atomic E-state index is 11.4. The van der Waals surface area contributed by atoms with Gasteiger partial charge in [0.05, 0.1) is 18.9 Å². The Morgan fingerprint density at radius 1 is 1.67 bits per heavy atom. The van der Waals surface area contributed by atoms with Gasteiger partial charge in [0, 0.05) is 0 Å². The predicted octanol–water partition coefficient (Wildman–Crippen LogP) is 1.63. The van der Waals surface area contributed by atoms with Gasteiger partial charge in [-0.1, -0.05) is 6.08 Å². The Kier molecular flexibility index (Phi) is 4.45. The summed E-state index contributed by atoms with van der Waals surface area (Å²) >= 11 is 1.26. The maximum Gasteiger partial charge on any atom is 0.350 e. The fourth-order valence-electron chi connectivity index (χ4n) is 1.03. The first-order chi connectivity index (χ1) is 7.19. The molecule has 15 heavy (non-hydrogen) atoms. The number of carbonyl (C=O) groups is 1. The van der Waals surface area contributed by atoms with Gasteiger partial charge in [0.1, 0.15) is 9.88 Å². The summed E-state index contributed by atoms with van der Waals surface area (Å²) in [6.45, 7) is 3.85. The number of esters is 1. The van der Waals surface area contributed by atoms with Crippen molar-refractivity contribution in [2.24, 2.45) is 0 Å². The molecule has 1 aromatic rings. The van der Waals surface area contributed by atoms with Crippen LogP contribution in [0.1, 0.15) is 27.3 Å². The molecule has 4 nitrogen and oxygen atoms in total. The van der Waals surface area contributed by atoms with Crippen LogP contribution < -0.4 is 0 Å². The summed E-state index contributed by atoms with van der Waals surface area (Å²) in [7, 11) is 0. The topological polar surface area (TPSA) is 59.4 Å². The molecule has 0 aliphatic heterocycles. The minimum atomic E-state index is -0.337. The molecule has 0 saturated carbocycles. The lowest BCUT2D eigenvalue weighted by molar-refractivity contribution is 0.0531. The van der Waals surface area contributed by atoms with Crippen molar-refractivity contribution in [1.29, 1.82) is 0 Å². The standard InChI is InChI=1S/C10H13NO3S/c1-3-14-10(13)9-7(2)11-8(15-9)5-4-6-12/h4-5,12H,3,6H2,1-2H3. The van der Waals surface area contributed by atoms with Crippen LogP contribution >= 0.6 is 11.3 Å². The number of aliphatic hydroxyl groups is 1. The Balaban J connectivity index is 2.86. The van der Waals surface area contributed by atoms with E-state index in [1.165, 1.54) is 11.3 Å². The lowest BCUT2D eigenvalue weighted by atomic mass is 10.4. The van der Waals surface area contributed by atoms with Gasteiger partial charge in [-0.3, -0.25) is 0 Å². The molecule has 0 bridgehead atoms. The van der Waals surface area contributed by atoms with E-state index in [0.29, 0.717) is 22.2 Å². The highest BCUT2D eigenvalue weighted by atomic mass is 32.1. The molecule has 82 valence electrons. The number of aryl methyl sites for hydroxylation is 1. The normalized spacial score (nSPS) is 10.9. The van der Waals surface area contributed by atoms with Crippen LogP contribution in [0.3, 0.4) is 0 Å². The molecule has 1 heterocycles. The molecule has 0 unspecified atom stereocenters. The van der Waals surface area contributed by atoms with Crippen molar-refractivity contribution in [3.8, 4) is 0 Å². The number of rotatable bonds is 4. The zero-order valence-electron chi connectivity index (χ0n) is 8.69. The molecule has 0 amide bonds. The summed E-state index contributed by atoms with van der Waals surface area (Å²) in [6.07, 6.45) is 3.26. The Labute approximate surface area is 92.2 Å². The highest BCUT2D eigenvalue weighted by Crippen LogP contribution is 2.20. The first-order valence-electron chi connectivity index (χ1n) is 4.61. The summed E-state index contributed by atoms with van der Waals surface area (Å²) in [5.74, 6) is -0.337. The van der Waals surface area contributed by atoms with Gasteiger partial charge < -0.3 is 9.84 Å². The largest absolute Gasteiger partial charge is 0.462 e. The number of ether oxygens (including phenoxy) is 1. The molecular weight excluding hydrogens is 214 g/mol. The van der Waals surface area contributed by atoms with Crippen LogP contribution in [-0.2, 0) is 4.74 Å². The SMILES string of the molecule is CCOC(=O)c1sc(C=CCO)nc1C. The van der Waals surface area contributed by atoms with Gasteiger partial charge in [-0.25, -0.2) is 9.78 Å². The fourth-order valence-corrected chi connectivity index (χ4v) is 1.92. The zero-order valence-corrected chi connectivity index (χ0v) is 9.50. The van der Waals surface area contributed by atoms with Gasteiger partial charge in [-0.2, -0.15) is 0 Å². The third kappa shape index (κ3) is 3.14. The van der Waals surface area contributed by atoms with Crippen molar-refractivity contribution >= 4 is 23.4 Å². The highest BCUT2D eigenvalue weighted by molar-refractivity contribution is 7.14. The van der Waals surface area contributed by atoms with E-state index in [2.05, 4.69) is 4.98 Å². The van der Waals surface area contributed by atoms with Gasteiger partial charge in [0.2, 0.25) is 0 Å². The van der Waals surface area contributed by atoms with E-state index in [4.69, 9.17) is 9.84 Å². The second kappa shape index (κ2) is 5.63. The molecule has 0 spiro atoms. The van der Waals surface area contributed by atoms with E-state index < -0.39 is 0 Å². The Bertz CT molecular complexity index is 371. The lowest BCUT2D eigenvalue weighted by Crippen LogP contribution is -2.03. The van der Waals surface area contributed by atoms with Crippen LogP contribution in [0.5, 0.6) is 0 Å². The summed E-state index contributed by atoms with van der Waals surface area (Å²) in [5.41, 5.74) is 0.663. The van der Waals surface area contributed by atoms with Crippen LogP contribution in [0.15, 0.2) is 6.08 Å². The highest BCUT2D eigenvalue weighted by Gasteiger charge is 2.14. The van der Waals surface area contributed by atoms with Gasteiger partial charge in [0.15, 0.2) is 0 Å². The minimum absolute atomic E-state index is 0.0344. The van der Waals surface area contributed by atoms with Gasteiger partial charge in [-0.05, 0) is 19.9 Å². The van der Waals surface area contributed by atoms with Crippen molar-refractivity contribution in [3.63, 3.8) is 0 Å². The van der Waals surface area contributed by atoms with Crippen LogP contribution in [0.25, 0.3) is 6.08 Å². The summed E-state index contributed by atoms with van der Waals surface area (Å²) < 4.78 is 4.88. The number of thiazole rings is 1. The third-order valence-electron chi connectivity index (χ3n) is 1.64. The molecular formula is C10H13NO3S. The van der Waals surface area contributed by atoms with Crippen molar-refractivity contribution in [3.05, 3.63) is 21.7 Å². The predicted molar refractivity (Wildman–Crippen MR) is 58.9 cm³/mol. The summed E-state index contributed by atoms with van der Waals surface area (Å²) in [6, 6.07) is 0. The number of nitrogens with zero attached hydrogens (tertiary/aromatic N) is 1. The third-order valence-corrected chi connectivity index (χ3v) is 2.74. The van der Waals surface area contributed by atoms with E-state index in [9.17, 15) is 4.79 Å². The van der Waals surface area contributed by atoms with Gasteiger partial charge >= 0.3 is 5.97 Å².